The first-order valence-electron chi connectivity index (χ1n) is 7.83. The number of rotatable bonds is 3. The van der Waals surface area contributed by atoms with Crippen LogP contribution < -0.4 is 9.47 Å². The number of benzene rings is 2. The quantitative estimate of drug-likeness (QED) is 0.848. The second kappa shape index (κ2) is 6.73. The van der Waals surface area contributed by atoms with Gasteiger partial charge < -0.3 is 14.4 Å². The molecule has 0 aliphatic carbocycles. The summed E-state index contributed by atoms with van der Waals surface area (Å²) >= 11 is 6.43. The molecule has 1 aliphatic rings. The Morgan fingerprint density at radius 3 is 2.42 bits per heavy atom. The maximum atomic E-state index is 12.2. The fourth-order valence-corrected chi connectivity index (χ4v) is 3.56. The molecular weight excluding hydrogens is 326 g/mol. The third-order valence-corrected chi connectivity index (χ3v) is 4.82. The van der Waals surface area contributed by atoms with Crippen molar-refractivity contribution in [1.29, 1.82) is 0 Å². The summed E-state index contributed by atoms with van der Waals surface area (Å²) < 4.78 is 10.9. The van der Waals surface area contributed by atoms with E-state index in [0.717, 1.165) is 23.1 Å². The molecule has 0 spiro atoms. The fourth-order valence-electron chi connectivity index (χ4n) is 3.32. The van der Waals surface area contributed by atoms with E-state index in [-0.39, 0.29) is 11.9 Å². The zero-order valence-electron chi connectivity index (χ0n) is 14.0. The maximum absolute atomic E-state index is 12.2. The van der Waals surface area contributed by atoms with Crippen molar-refractivity contribution in [3.8, 4) is 11.5 Å². The van der Waals surface area contributed by atoms with Crippen LogP contribution in [0, 0.1) is 0 Å². The molecule has 1 amide bonds. The van der Waals surface area contributed by atoms with Crippen molar-refractivity contribution >= 4 is 17.5 Å². The lowest BCUT2D eigenvalue weighted by Gasteiger charge is -2.38. The molecule has 1 atom stereocenters. The molecule has 1 aliphatic heterocycles. The molecular formula is C19H20ClNO3. The van der Waals surface area contributed by atoms with E-state index in [1.807, 2.05) is 41.3 Å². The number of hydrogen-bond acceptors (Lipinski definition) is 3. The van der Waals surface area contributed by atoms with Crippen molar-refractivity contribution in [2.45, 2.75) is 19.4 Å². The van der Waals surface area contributed by atoms with Crippen molar-refractivity contribution < 1.29 is 14.3 Å². The molecule has 0 N–H and O–H groups in total. The SMILES string of the molecule is COc1cc2c(cc1OC)[C@@H](c1ccccc1Cl)N(C(C)=O)CC2. The van der Waals surface area contributed by atoms with Crippen LogP contribution in [-0.2, 0) is 11.2 Å². The van der Waals surface area contributed by atoms with Crippen molar-refractivity contribution in [1.82, 2.24) is 4.90 Å². The highest BCUT2D eigenvalue weighted by atomic mass is 35.5. The van der Waals surface area contributed by atoms with Gasteiger partial charge in [-0.2, -0.15) is 0 Å². The van der Waals surface area contributed by atoms with Gasteiger partial charge in [-0.1, -0.05) is 29.8 Å². The molecule has 0 bridgehead atoms. The maximum Gasteiger partial charge on any atom is 0.220 e. The van der Waals surface area contributed by atoms with Crippen LogP contribution in [0.25, 0.3) is 0 Å². The van der Waals surface area contributed by atoms with E-state index in [9.17, 15) is 4.79 Å². The van der Waals surface area contributed by atoms with E-state index in [2.05, 4.69) is 0 Å². The minimum atomic E-state index is -0.222. The number of ether oxygens (including phenoxy) is 2. The number of amides is 1. The summed E-state index contributed by atoms with van der Waals surface area (Å²) in [4.78, 5) is 14.1. The molecule has 24 heavy (non-hydrogen) atoms. The van der Waals surface area contributed by atoms with E-state index < -0.39 is 0 Å². The van der Waals surface area contributed by atoms with Crippen LogP contribution in [-0.4, -0.2) is 31.6 Å². The van der Waals surface area contributed by atoms with Crippen molar-refractivity contribution in [2.75, 3.05) is 20.8 Å². The molecule has 2 aromatic carbocycles. The Morgan fingerprint density at radius 2 is 1.79 bits per heavy atom. The Bertz CT molecular complexity index is 775. The van der Waals surface area contributed by atoms with Crippen molar-refractivity contribution in [3.05, 3.63) is 58.1 Å². The Balaban J connectivity index is 2.21. The van der Waals surface area contributed by atoms with Gasteiger partial charge in [-0.3, -0.25) is 4.79 Å². The summed E-state index contributed by atoms with van der Waals surface area (Å²) in [5, 5.41) is 0.649. The Morgan fingerprint density at radius 1 is 1.12 bits per heavy atom. The minimum absolute atomic E-state index is 0.0281. The van der Waals surface area contributed by atoms with Crippen molar-refractivity contribution in [3.63, 3.8) is 0 Å². The van der Waals surface area contributed by atoms with Gasteiger partial charge in [-0.15, -0.1) is 0 Å². The highest BCUT2D eigenvalue weighted by molar-refractivity contribution is 6.31. The van der Waals surface area contributed by atoms with Gasteiger partial charge in [0.15, 0.2) is 11.5 Å². The predicted octanol–water partition coefficient (Wildman–Crippen LogP) is 3.85. The molecule has 0 radical (unpaired) electrons. The average molecular weight is 346 g/mol. The standard InChI is InChI=1S/C19H20ClNO3/c1-12(22)21-9-8-13-10-17(23-2)18(24-3)11-15(13)19(21)14-6-4-5-7-16(14)20/h4-7,10-11,19H,8-9H2,1-3H3/t19-/m1/s1. The van der Waals surface area contributed by atoms with E-state index in [1.54, 1.807) is 21.1 Å². The molecule has 4 nitrogen and oxygen atoms in total. The summed E-state index contributed by atoms with van der Waals surface area (Å²) in [6.07, 6.45) is 0.774. The summed E-state index contributed by atoms with van der Waals surface area (Å²) in [5.41, 5.74) is 3.10. The van der Waals surface area contributed by atoms with E-state index in [4.69, 9.17) is 21.1 Å². The molecule has 2 aromatic rings. The van der Waals surface area contributed by atoms with Crippen LogP contribution in [0.1, 0.15) is 29.7 Å². The number of methoxy groups -OCH3 is 2. The second-order valence-electron chi connectivity index (χ2n) is 5.79. The first-order chi connectivity index (χ1) is 11.6. The number of carbonyl (C=O) groups excluding carboxylic acids is 1. The molecule has 0 fully saturated rings. The molecule has 0 unspecified atom stereocenters. The second-order valence-corrected chi connectivity index (χ2v) is 6.20. The van der Waals surface area contributed by atoms with Crippen molar-refractivity contribution in [2.24, 2.45) is 0 Å². The van der Waals surface area contributed by atoms with Gasteiger partial charge in [-0.25, -0.2) is 0 Å². The first kappa shape index (κ1) is 16.7. The number of fused-ring (bicyclic) bond motifs is 1. The van der Waals surface area contributed by atoms with Crippen LogP contribution in [0.3, 0.4) is 0 Å². The zero-order chi connectivity index (χ0) is 17.3. The average Bonchev–Trinajstić information content (AvgIpc) is 2.59. The monoisotopic (exact) mass is 345 g/mol. The molecule has 3 rings (SSSR count). The van der Waals surface area contributed by atoms with Gasteiger partial charge in [-0.05, 0) is 41.3 Å². The van der Waals surface area contributed by atoms with Gasteiger partial charge >= 0.3 is 0 Å². The molecule has 0 saturated heterocycles. The Hall–Kier alpha value is -2.20. The fraction of sp³-hybridized carbons (Fsp3) is 0.316. The Kier molecular flexibility index (Phi) is 4.67. The number of hydrogen-bond donors (Lipinski definition) is 0. The summed E-state index contributed by atoms with van der Waals surface area (Å²) in [7, 11) is 3.24. The third-order valence-electron chi connectivity index (χ3n) is 4.48. The highest BCUT2D eigenvalue weighted by Crippen LogP contribution is 2.42. The predicted molar refractivity (Wildman–Crippen MR) is 93.9 cm³/mol. The summed E-state index contributed by atoms with van der Waals surface area (Å²) in [6, 6.07) is 11.4. The lowest BCUT2D eigenvalue weighted by molar-refractivity contribution is -0.130. The van der Waals surface area contributed by atoms with Gasteiger partial charge in [0.25, 0.3) is 0 Å². The van der Waals surface area contributed by atoms with Crippen LogP contribution >= 0.6 is 11.6 Å². The smallest absolute Gasteiger partial charge is 0.220 e. The number of nitrogens with zero attached hydrogens (tertiary/aromatic N) is 1. The largest absolute Gasteiger partial charge is 0.493 e. The minimum Gasteiger partial charge on any atom is -0.493 e. The third kappa shape index (κ3) is 2.82. The molecule has 1 heterocycles. The van der Waals surface area contributed by atoms with E-state index in [0.29, 0.717) is 23.1 Å². The normalized spacial score (nSPS) is 16.5. The van der Waals surface area contributed by atoms with Gasteiger partial charge in [0, 0.05) is 18.5 Å². The molecule has 5 heteroatoms. The highest BCUT2D eigenvalue weighted by Gasteiger charge is 2.32. The molecule has 0 saturated carbocycles. The first-order valence-corrected chi connectivity index (χ1v) is 8.21. The van der Waals surface area contributed by atoms with Gasteiger partial charge in [0.2, 0.25) is 5.91 Å². The van der Waals surface area contributed by atoms with Crippen LogP contribution in [0.4, 0.5) is 0 Å². The topological polar surface area (TPSA) is 38.8 Å². The van der Waals surface area contributed by atoms with E-state index in [1.165, 1.54) is 0 Å². The van der Waals surface area contributed by atoms with Crippen LogP contribution in [0.5, 0.6) is 11.5 Å². The van der Waals surface area contributed by atoms with Crippen LogP contribution in [0.15, 0.2) is 36.4 Å². The number of carbonyl (C=O) groups is 1. The van der Waals surface area contributed by atoms with Gasteiger partial charge in [0.1, 0.15) is 0 Å². The number of halogens is 1. The van der Waals surface area contributed by atoms with Crippen LogP contribution in [0.2, 0.25) is 5.02 Å². The van der Waals surface area contributed by atoms with E-state index >= 15 is 0 Å². The summed E-state index contributed by atoms with van der Waals surface area (Å²) in [6.45, 7) is 2.24. The molecule has 0 aromatic heterocycles. The summed E-state index contributed by atoms with van der Waals surface area (Å²) in [5.74, 6) is 1.38. The Labute approximate surface area is 146 Å². The zero-order valence-corrected chi connectivity index (χ0v) is 14.8. The lowest BCUT2D eigenvalue weighted by atomic mass is 9.87. The van der Waals surface area contributed by atoms with Gasteiger partial charge in [0.05, 0.1) is 20.3 Å². The lowest BCUT2D eigenvalue weighted by Crippen LogP contribution is -2.39. The molecule has 126 valence electrons.